The Kier molecular flexibility index (Phi) is 5.73. The second kappa shape index (κ2) is 7.99. The molecule has 0 aliphatic rings. The Morgan fingerprint density at radius 1 is 1.14 bits per heavy atom. The highest BCUT2D eigenvalue weighted by molar-refractivity contribution is 5.59. The fourth-order valence-electron chi connectivity index (χ4n) is 1.94. The average Bonchev–Trinajstić information content (AvgIpc) is 2.58. The molecule has 3 heteroatoms. The van der Waals surface area contributed by atoms with Gasteiger partial charge in [-0.2, -0.15) is 5.26 Å². The van der Waals surface area contributed by atoms with Crippen molar-refractivity contribution < 1.29 is 9.13 Å². The zero-order chi connectivity index (χ0) is 15.8. The van der Waals surface area contributed by atoms with Crippen LogP contribution in [0.15, 0.2) is 54.6 Å². The SMILES string of the molecule is CCC/C=C(/F)c1ccc(OCc2ccc(C#N)cc2)cc1. The number of benzene rings is 2. The number of allylic oxidation sites excluding steroid dienone is 1. The van der Waals surface area contributed by atoms with Crippen LogP contribution in [-0.2, 0) is 6.61 Å². The first-order valence-electron chi connectivity index (χ1n) is 7.31. The van der Waals surface area contributed by atoms with Gasteiger partial charge in [0.15, 0.2) is 0 Å². The van der Waals surface area contributed by atoms with Crippen molar-refractivity contribution in [3.63, 3.8) is 0 Å². The van der Waals surface area contributed by atoms with Gasteiger partial charge < -0.3 is 4.74 Å². The van der Waals surface area contributed by atoms with Crippen LogP contribution in [0.3, 0.4) is 0 Å². The Labute approximate surface area is 130 Å². The van der Waals surface area contributed by atoms with Gasteiger partial charge in [-0.1, -0.05) is 25.5 Å². The predicted molar refractivity (Wildman–Crippen MR) is 85.9 cm³/mol. The second-order valence-corrected chi connectivity index (χ2v) is 4.96. The van der Waals surface area contributed by atoms with Crippen LogP contribution >= 0.6 is 0 Å². The molecule has 0 saturated carbocycles. The summed E-state index contributed by atoms with van der Waals surface area (Å²) in [5.41, 5.74) is 2.18. The molecule has 0 aliphatic carbocycles. The van der Waals surface area contributed by atoms with E-state index in [4.69, 9.17) is 10.00 Å². The Hall–Kier alpha value is -2.60. The average molecular weight is 295 g/mol. The van der Waals surface area contributed by atoms with Crippen LogP contribution in [0.25, 0.3) is 5.83 Å². The molecule has 0 aromatic heterocycles. The summed E-state index contributed by atoms with van der Waals surface area (Å²) in [5.74, 6) is 0.497. The maximum atomic E-state index is 13.8. The third kappa shape index (κ3) is 4.46. The van der Waals surface area contributed by atoms with Crippen molar-refractivity contribution in [3.8, 4) is 11.8 Å². The Balaban J connectivity index is 1.95. The van der Waals surface area contributed by atoms with Crippen molar-refractivity contribution in [1.29, 1.82) is 5.26 Å². The molecule has 0 amide bonds. The van der Waals surface area contributed by atoms with Crippen molar-refractivity contribution >= 4 is 5.83 Å². The van der Waals surface area contributed by atoms with Crippen LogP contribution in [0.5, 0.6) is 5.75 Å². The van der Waals surface area contributed by atoms with E-state index < -0.39 is 0 Å². The molecule has 0 aliphatic heterocycles. The lowest BCUT2D eigenvalue weighted by molar-refractivity contribution is 0.306. The van der Waals surface area contributed by atoms with Gasteiger partial charge in [0.2, 0.25) is 0 Å². The molecular weight excluding hydrogens is 277 g/mol. The van der Waals surface area contributed by atoms with Crippen LogP contribution in [-0.4, -0.2) is 0 Å². The van der Waals surface area contributed by atoms with Crippen molar-refractivity contribution in [2.24, 2.45) is 0 Å². The van der Waals surface area contributed by atoms with E-state index in [-0.39, 0.29) is 5.83 Å². The molecule has 0 heterocycles. The Morgan fingerprint density at radius 3 is 2.41 bits per heavy atom. The quantitative estimate of drug-likeness (QED) is 0.729. The molecule has 2 aromatic carbocycles. The van der Waals surface area contributed by atoms with Gasteiger partial charge in [0.1, 0.15) is 18.2 Å². The lowest BCUT2D eigenvalue weighted by Crippen LogP contribution is -1.95. The minimum atomic E-state index is -0.194. The fraction of sp³-hybridized carbons (Fsp3) is 0.211. The molecule has 0 radical (unpaired) electrons. The minimum Gasteiger partial charge on any atom is -0.489 e. The van der Waals surface area contributed by atoms with Gasteiger partial charge >= 0.3 is 0 Å². The van der Waals surface area contributed by atoms with Crippen molar-refractivity contribution in [2.45, 2.75) is 26.4 Å². The van der Waals surface area contributed by atoms with Crippen molar-refractivity contribution in [1.82, 2.24) is 0 Å². The number of nitriles is 1. The summed E-state index contributed by atoms with van der Waals surface area (Å²) in [6.45, 7) is 2.43. The standard InChI is InChI=1S/C19H18FNO/c1-2-3-4-19(20)17-9-11-18(12-10-17)22-14-16-7-5-15(13-21)6-8-16/h4-12H,2-3,14H2,1H3/b19-4+. The van der Waals surface area contributed by atoms with Crippen LogP contribution in [0.2, 0.25) is 0 Å². The van der Waals surface area contributed by atoms with E-state index in [1.807, 2.05) is 19.1 Å². The zero-order valence-corrected chi connectivity index (χ0v) is 12.6. The van der Waals surface area contributed by atoms with Gasteiger partial charge in [-0.3, -0.25) is 0 Å². The first-order valence-corrected chi connectivity index (χ1v) is 7.31. The molecule has 22 heavy (non-hydrogen) atoms. The Bertz CT molecular complexity index is 666. The van der Waals surface area contributed by atoms with E-state index in [9.17, 15) is 4.39 Å². The zero-order valence-electron chi connectivity index (χ0n) is 12.6. The molecule has 0 N–H and O–H groups in total. The molecule has 0 fully saturated rings. The first kappa shape index (κ1) is 15.8. The van der Waals surface area contributed by atoms with Gasteiger partial charge in [0.25, 0.3) is 0 Å². The number of rotatable bonds is 6. The molecule has 2 nitrogen and oxygen atoms in total. The van der Waals surface area contributed by atoms with Gasteiger partial charge in [-0.15, -0.1) is 0 Å². The summed E-state index contributed by atoms with van der Waals surface area (Å²) in [6.07, 6.45) is 3.27. The lowest BCUT2D eigenvalue weighted by atomic mass is 10.1. The highest BCUT2D eigenvalue weighted by Gasteiger charge is 2.01. The molecule has 0 unspecified atom stereocenters. The molecule has 112 valence electrons. The lowest BCUT2D eigenvalue weighted by Gasteiger charge is -2.07. The third-order valence-corrected chi connectivity index (χ3v) is 3.23. The number of unbranched alkanes of at least 4 members (excludes halogenated alkanes) is 1. The van der Waals surface area contributed by atoms with Crippen molar-refractivity contribution in [3.05, 3.63) is 71.3 Å². The normalized spacial score (nSPS) is 11.0. The fourth-order valence-corrected chi connectivity index (χ4v) is 1.94. The minimum absolute atomic E-state index is 0.194. The van der Waals surface area contributed by atoms with Crippen LogP contribution in [0.1, 0.15) is 36.5 Å². The summed E-state index contributed by atoms with van der Waals surface area (Å²) in [7, 11) is 0. The maximum absolute atomic E-state index is 13.8. The number of halogens is 1. The largest absolute Gasteiger partial charge is 0.489 e. The highest BCUT2D eigenvalue weighted by Crippen LogP contribution is 2.21. The Morgan fingerprint density at radius 2 is 1.82 bits per heavy atom. The third-order valence-electron chi connectivity index (χ3n) is 3.23. The summed E-state index contributed by atoms with van der Waals surface area (Å²) >= 11 is 0. The van der Waals surface area contributed by atoms with E-state index in [1.54, 1.807) is 42.5 Å². The molecule has 0 saturated heterocycles. The number of hydrogen-bond acceptors (Lipinski definition) is 2. The topological polar surface area (TPSA) is 33.0 Å². The monoisotopic (exact) mass is 295 g/mol. The molecule has 2 aromatic rings. The molecule has 2 rings (SSSR count). The first-order chi connectivity index (χ1) is 10.7. The van der Waals surface area contributed by atoms with E-state index >= 15 is 0 Å². The van der Waals surface area contributed by atoms with Crippen LogP contribution < -0.4 is 4.74 Å². The number of hydrogen-bond donors (Lipinski definition) is 0. The molecule has 0 bridgehead atoms. The van der Waals surface area contributed by atoms with E-state index in [0.29, 0.717) is 23.5 Å². The highest BCUT2D eigenvalue weighted by atomic mass is 19.1. The van der Waals surface area contributed by atoms with E-state index in [1.165, 1.54) is 0 Å². The molecule has 0 atom stereocenters. The summed E-state index contributed by atoms with van der Waals surface area (Å²) in [6, 6.07) is 16.3. The van der Waals surface area contributed by atoms with Gasteiger partial charge in [0.05, 0.1) is 11.6 Å². The summed E-state index contributed by atoms with van der Waals surface area (Å²) < 4.78 is 19.4. The van der Waals surface area contributed by atoms with Gasteiger partial charge in [-0.05, 0) is 54.5 Å². The summed E-state index contributed by atoms with van der Waals surface area (Å²) in [5, 5.41) is 8.74. The smallest absolute Gasteiger partial charge is 0.126 e. The van der Waals surface area contributed by atoms with Crippen LogP contribution in [0.4, 0.5) is 4.39 Å². The predicted octanol–water partition coefficient (Wildman–Crippen LogP) is 5.25. The van der Waals surface area contributed by atoms with Crippen LogP contribution in [0, 0.1) is 11.3 Å². The van der Waals surface area contributed by atoms with E-state index in [0.717, 1.165) is 18.4 Å². The number of ether oxygens (including phenoxy) is 1. The van der Waals surface area contributed by atoms with Gasteiger partial charge in [0, 0.05) is 5.56 Å². The van der Waals surface area contributed by atoms with Gasteiger partial charge in [-0.25, -0.2) is 4.39 Å². The van der Waals surface area contributed by atoms with E-state index in [2.05, 4.69) is 6.07 Å². The number of nitrogens with zero attached hydrogens (tertiary/aromatic N) is 1. The van der Waals surface area contributed by atoms with Crippen molar-refractivity contribution in [2.75, 3.05) is 0 Å². The summed E-state index contributed by atoms with van der Waals surface area (Å²) in [4.78, 5) is 0. The molecule has 0 spiro atoms. The molecular formula is C19H18FNO. The second-order valence-electron chi connectivity index (χ2n) is 4.96. The maximum Gasteiger partial charge on any atom is 0.126 e.